The molecule has 5 aromatic rings. The maximum atomic E-state index is 15.0. The average molecular weight is 755 g/mol. The van der Waals surface area contributed by atoms with Crippen molar-refractivity contribution in [1.82, 2.24) is 9.88 Å². The van der Waals surface area contributed by atoms with Crippen molar-refractivity contribution in [2.75, 3.05) is 17.2 Å². The van der Waals surface area contributed by atoms with E-state index >= 15 is 0 Å². The normalized spacial score (nSPS) is 14.6. The number of ether oxygens (including phenoxy) is 1. The molecule has 4 N–H and O–H groups in total. The first-order valence-electron chi connectivity index (χ1n) is 17.2. The molecule has 0 spiro atoms. The number of aryl methyl sites for hydroxylation is 1. The summed E-state index contributed by atoms with van der Waals surface area (Å²) in [6.45, 7) is 0.455. The fourth-order valence-electron chi connectivity index (χ4n) is 6.18. The van der Waals surface area contributed by atoms with Crippen LogP contribution in [0.15, 0.2) is 128 Å². The summed E-state index contributed by atoms with van der Waals surface area (Å²) in [6.07, 6.45) is -1.68. The molecule has 0 radical (unpaired) electrons. The van der Waals surface area contributed by atoms with E-state index in [2.05, 4.69) is 4.98 Å². The van der Waals surface area contributed by atoms with Crippen LogP contribution < -0.4 is 15.4 Å². The van der Waals surface area contributed by atoms with E-state index in [9.17, 15) is 32.7 Å². The highest BCUT2D eigenvalue weighted by molar-refractivity contribution is 6.14. The summed E-state index contributed by atoms with van der Waals surface area (Å²) in [5.74, 6) is -3.73. The first-order chi connectivity index (χ1) is 26.4. The zero-order valence-electron chi connectivity index (χ0n) is 29.3. The number of rotatable bonds is 12. The first-order valence-corrected chi connectivity index (χ1v) is 17.2. The number of nitrogens with zero attached hydrogens (tertiary/aromatic N) is 3. The minimum absolute atomic E-state index is 0.328. The number of carbonyl (C=O) groups is 4. The van der Waals surface area contributed by atoms with Crippen LogP contribution in [0.3, 0.4) is 0 Å². The quantitative estimate of drug-likeness (QED) is 0.108. The van der Waals surface area contributed by atoms with E-state index in [4.69, 9.17) is 20.4 Å². The Balaban J connectivity index is 0.000000757. The molecule has 0 saturated heterocycles. The number of aliphatic carboxylic acids is 2. The lowest BCUT2D eigenvalue weighted by molar-refractivity contribution is -0.192. The fourth-order valence-corrected chi connectivity index (χ4v) is 6.18. The topological polar surface area (TPSA) is 163 Å². The monoisotopic (exact) mass is 754 g/mol. The number of aromatic nitrogens is 1. The molecule has 55 heavy (non-hydrogen) atoms. The maximum Gasteiger partial charge on any atom is 0.490 e. The van der Waals surface area contributed by atoms with Crippen LogP contribution >= 0.6 is 0 Å². The first kappa shape index (κ1) is 39.5. The number of para-hydroxylation sites is 1. The van der Waals surface area contributed by atoms with E-state index < -0.39 is 36.1 Å². The third kappa shape index (κ3) is 9.84. The predicted molar refractivity (Wildman–Crippen MR) is 198 cm³/mol. The van der Waals surface area contributed by atoms with Gasteiger partial charge in [-0.25, -0.2) is 9.78 Å². The Hall–Kier alpha value is -6.70. The largest absolute Gasteiger partial charge is 0.490 e. The summed E-state index contributed by atoms with van der Waals surface area (Å²) in [4.78, 5) is 58.2. The van der Waals surface area contributed by atoms with Gasteiger partial charge in [0.2, 0.25) is 0 Å². The molecule has 6 rings (SSSR count). The second-order valence-corrected chi connectivity index (χ2v) is 12.4. The lowest BCUT2D eigenvalue weighted by Crippen LogP contribution is -2.43. The summed E-state index contributed by atoms with van der Waals surface area (Å²) in [7, 11) is 0. The summed E-state index contributed by atoms with van der Waals surface area (Å²) in [5, 5.41) is 17.2. The van der Waals surface area contributed by atoms with Crippen molar-refractivity contribution in [3.63, 3.8) is 0 Å². The van der Waals surface area contributed by atoms with Gasteiger partial charge in [-0.3, -0.25) is 19.3 Å². The number of fused-ring (bicyclic) bond motifs is 1. The van der Waals surface area contributed by atoms with Crippen LogP contribution in [0.2, 0.25) is 0 Å². The summed E-state index contributed by atoms with van der Waals surface area (Å²) in [5.41, 5.74) is 9.40. The Morgan fingerprint density at radius 2 is 1.45 bits per heavy atom. The van der Waals surface area contributed by atoms with Crippen molar-refractivity contribution >= 4 is 40.9 Å². The van der Waals surface area contributed by atoms with Crippen molar-refractivity contribution in [2.45, 2.75) is 43.9 Å². The van der Waals surface area contributed by atoms with E-state index in [-0.39, 0.29) is 12.3 Å². The zero-order valence-corrected chi connectivity index (χ0v) is 29.3. The fraction of sp³-hybridized carbons (Fsp3) is 0.195. The van der Waals surface area contributed by atoms with Crippen molar-refractivity contribution in [3.8, 4) is 5.75 Å². The molecule has 284 valence electrons. The number of halogens is 3. The number of hydrogen-bond donors (Lipinski definition) is 3. The molecule has 0 bridgehead atoms. The van der Waals surface area contributed by atoms with Crippen LogP contribution in [0.4, 0.5) is 30.4 Å². The highest BCUT2D eigenvalue weighted by Crippen LogP contribution is 2.43. The SMILES string of the molecule is Nc1ncccc1OCCCCc1ccc2c(c1)C(=O)N(C(CC(=O)O)c1ccccc1)C(c1ccccc1)C(=O)N2c1ccccc1.O=C(O)C(F)(F)F. The molecule has 2 heterocycles. The van der Waals surface area contributed by atoms with Crippen molar-refractivity contribution in [3.05, 3.63) is 150 Å². The molecule has 14 heteroatoms. The highest BCUT2D eigenvalue weighted by atomic mass is 19.4. The van der Waals surface area contributed by atoms with Gasteiger partial charge in [-0.1, -0.05) is 84.9 Å². The number of hydrogen-bond acceptors (Lipinski definition) is 7. The number of nitrogens with two attached hydrogens (primary N) is 1. The molecule has 1 aliphatic rings. The van der Waals surface area contributed by atoms with Gasteiger partial charge in [-0.05, 0) is 72.4 Å². The summed E-state index contributed by atoms with van der Waals surface area (Å²) in [6, 6.07) is 34.5. The van der Waals surface area contributed by atoms with Crippen LogP contribution in [0.25, 0.3) is 0 Å². The van der Waals surface area contributed by atoms with Crippen molar-refractivity contribution in [1.29, 1.82) is 0 Å². The predicted octanol–water partition coefficient (Wildman–Crippen LogP) is 7.78. The van der Waals surface area contributed by atoms with Gasteiger partial charge in [0.05, 0.1) is 30.3 Å². The molecular weight excluding hydrogens is 717 g/mol. The van der Waals surface area contributed by atoms with Gasteiger partial charge < -0.3 is 25.6 Å². The third-order valence-corrected chi connectivity index (χ3v) is 8.68. The van der Waals surface area contributed by atoms with Crippen molar-refractivity contribution in [2.24, 2.45) is 0 Å². The molecular formula is C41H37F3N4O7. The number of carboxylic acid groups (broad SMARTS) is 2. The molecule has 2 unspecified atom stereocenters. The van der Waals surface area contributed by atoms with E-state index in [1.807, 2.05) is 72.8 Å². The molecule has 0 aliphatic carbocycles. The lowest BCUT2D eigenvalue weighted by atomic mass is 9.95. The average Bonchev–Trinajstić information content (AvgIpc) is 3.26. The van der Waals surface area contributed by atoms with Crippen LogP contribution in [0, 0.1) is 0 Å². The Morgan fingerprint density at radius 1 is 0.836 bits per heavy atom. The van der Waals surface area contributed by atoms with Crippen LogP contribution in [0.5, 0.6) is 5.75 Å². The minimum atomic E-state index is -5.08. The molecule has 0 fully saturated rings. The second-order valence-electron chi connectivity index (χ2n) is 12.4. The highest BCUT2D eigenvalue weighted by Gasteiger charge is 2.45. The molecule has 1 aromatic heterocycles. The lowest BCUT2D eigenvalue weighted by Gasteiger charge is -2.37. The minimum Gasteiger partial charge on any atom is -0.490 e. The van der Waals surface area contributed by atoms with Crippen LogP contribution in [-0.4, -0.2) is 56.6 Å². The Kier molecular flexibility index (Phi) is 12.8. The van der Waals surface area contributed by atoms with E-state index in [0.717, 1.165) is 18.4 Å². The van der Waals surface area contributed by atoms with Gasteiger partial charge in [0, 0.05) is 11.9 Å². The third-order valence-electron chi connectivity index (χ3n) is 8.68. The van der Waals surface area contributed by atoms with Gasteiger partial charge in [-0.2, -0.15) is 13.2 Å². The molecule has 0 saturated carbocycles. The molecule has 4 aromatic carbocycles. The van der Waals surface area contributed by atoms with Gasteiger partial charge >= 0.3 is 18.1 Å². The molecule has 2 atom stereocenters. The second kappa shape index (κ2) is 17.9. The number of carboxylic acids is 2. The number of alkyl halides is 3. The van der Waals surface area contributed by atoms with Crippen LogP contribution in [-0.2, 0) is 20.8 Å². The number of anilines is 3. The van der Waals surface area contributed by atoms with Gasteiger partial charge in [0.25, 0.3) is 11.8 Å². The summed E-state index contributed by atoms with van der Waals surface area (Å²) < 4.78 is 37.5. The van der Waals surface area contributed by atoms with Crippen molar-refractivity contribution < 1.29 is 47.3 Å². The van der Waals surface area contributed by atoms with E-state index in [0.29, 0.717) is 52.7 Å². The zero-order chi connectivity index (χ0) is 39.5. The Bertz CT molecular complexity index is 2100. The summed E-state index contributed by atoms with van der Waals surface area (Å²) >= 11 is 0. The maximum absolute atomic E-state index is 15.0. The standard InChI is InChI=1S/C39H36N4O5.C2HF3O2/c40-37-34(20-12-23-41-37)48-24-11-10-13-27-21-22-32-31(25-27)38(46)43(33(26-35(44)45)28-14-4-1-5-15-28)36(29-16-6-2-7-17-29)39(47)42(32)30-18-8-3-9-19-30;3-2(4,5)1(6)7/h1-9,12,14-23,25,33,36H,10-11,13,24,26H2,(H2,40,41)(H,44,45);(H,6,7). The van der Waals surface area contributed by atoms with Gasteiger partial charge in [0.15, 0.2) is 11.6 Å². The number of amides is 2. The van der Waals surface area contributed by atoms with Gasteiger partial charge in [0.1, 0.15) is 6.04 Å². The smallest absolute Gasteiger partial charge is 0.490 e. The number of nitrogen functional groups attached to an aromatic ring is 1. The van der Waals surface area contributed by atoms with E-state index in [1.54, 1.807) is 59.6 Å². The number of carbonyl (C=O) groups excluding carboxylic acids is 2. The molecule has 1 aliphatic heterocycles. The number of benzene rings is 4. The Morgan fingerprint density at radius 3 is 2.05 bits per heavy atom. The number of unbranched alkanes of at least 4 members (excludes halogenated alkanes) is 1. The molecule has 2 amide bonds. The Labute approximate surface area is 314 Å². The molecule has 11 nitrogen and oxygen atoms in total. The number of pyridine rings is 1. The van der Waals surface area contributed by atoms with Gasteiger partial charge in [-0.15, -0.1) is 0 Å². The van der Waals surface area contributed by atoms with E-state index in [1.165, 1.54) is 4.90 Å². The van der Waals surface area contributed by atoms with Crippen LogP contribution in [0.1, 0.15) is 58.4 Å².